The van der Waals surface area contributed by atoms with E-state index in [2.05, 4.69) is 5.32 Å². The molecule has 1 aromatic carbocycles. The van der Waals surface area contributed by atoms with Gasteiger partial charge in [-0.25, -0.2) is 0 Å². The zero-order chi connectivity index (χ0) is 10.7. The van der Waals surface area contributed by atoms with Gasteiger partial charge in [-0.3, -0.25) is 4.79 Å². The number of hydrogen-bond acceptors (Lipinski definition) is 2. The minimum atomic E-state index is -1.09. The standard InChI is InChI=1S/C9H9Cl2NO2/c1-5-4-6(13)2-3-7(5)12-9(14)8(10)11/h2-4,8,13H,1H3,(H,12,14). The van der Waals surface area contributed by atoms with Gasteiger partial charge in [0.1, 0.15) is 5.75 Å². The number of halogens is 2. The summed E-state index contributed by atoms with van der Waals surface area (Å²) in [6, 6.07) is 4.59. The fraction of sp³-hybridized carbons (Fsp3) is 0.222. The van der Waals surface area contributed by atoms with Gasteiger partial charge in [0.2, 0.25) is 0 Å². The van der Waals surface area contributed by atoms with Crippen LogP contribution in [0.2, 0.25) is 0 Å². The summed E-state index contributed by atoms with van der Waals surface area (Å²) in [4.78, 5) is 10.0. The highest BCUT2D eigenvalue weighted by molar-refractivity contribution is 6.54. The molecular weight excluding hydrogens is 225 g/mol. The summed E-state index contributed by atoms with van der Waals surface area (Å²) in [5.74, 6) is -0.337. The number of hydrogen-bond donors (Lipinski definition) is 2. The molecule has 0 aliphatic carbocycles. The average molecular weight is 234 g/mol. The van der Waals surface area contributed by atoms with Gasteiger partial charge in [-0.2, -0.15) is 0 Å². The molecule has 0 aliphatic heterocycles. The van der Waals surface area contributed by atoms with E-state index in [1.165, 1.54) is 12.1 Å². The lowest BCUT2D eigenvalue weighted by Gasteiger charge is -2.08. The first kappa shape index (κ1) is 11.1. The van der Waals surface area contributed by atoms with E-state index in [-0.39, 0.29) is 5.75 Å². The third-order valence-electron chi connectivity index (χ3n) is 1.67. The Kier molecular flexibility index (Phi) is 3.61. The van der Waals surface area contributed by atoms with Crippen LogP contribution in [-0.2, 0) is 4.79 Å². The van der Waals surface area contributed by atoms with Crippen LogP contribution >= 0.6 is 23.2 Å². The first-order valence-electron chi connectivity index (χ1n) is 3.89. The number of nitrogens with one attached hydrogen (secondary N) is 1. The molecule has 0 heterocycles. The normalized spacial score (nSPS) is 10.3. The summed E-state index contributed by atoms with van der Waals surface area (Å²) in [6.45, 7) is 1.76. The van der Waals surface area contributed by atoms with E-state index in [0.717, 1.165) is 5.56 Å². The van der Waals surface area contributed by atoms with Crippen LogP contribution in [0.15, 0.2) is 18.2 Å². The van der Waals surface area contributed by atoms with E-state index in [4.69, 9.17) is 28.3 Å². The Balaban J connectivity index is 2.82. The lowest BCUT2D eigenvalue weighted by Crippen LogP contribution is -2.19. The molecule has 0 atom stereocenters. The molecule has 5 heteroatoms. The molecule has 2 N–H and O–H groups in total. The summed E-state index contributed by atoms with van der Waals surface area (Å²) < 4.78 is 0. The number of carbonyl (C=O) groups is 1. The van der Waals surface area contributed by atoms with Gasteiger partial charge in [0.05, 0.1) is 0 Å². The number of alkyl halides is 2. The topological polar surface area (TPSA) is 49.3 Å². The van der Waals surface area contributed by atoms with E-state index in [9.17, 15) is 4.79 Å². The Labute approximate surface area is 91.6 Å². The SMILES string of the molecule is Cc1cc(O)ccc1NC(=O)C(Cl)Cl. The van der Waals surface area contributed by atoms with Gasteiger partial charge in [-0.1, -0.05) is 23.2 Å². The van der Waals surface area contributed by atoms with Crippen LogP contribution in [0, 0.1) is 6.92 Å². The van der Waals surface area contributed by atoms with Gasteiger partial charge in [0.15, 0.2) is 4.84 Å². The molecule has 1 amide bonds. The maximum Gasteiger partial charge on any atom is 0.257 e. The Bertz CT molecular complexity index is 353. The summed E-state index contributed by atoms with van der Waals surface area (Å²) >= 11 is 10.7. The number of rotatable bonds is 2. The van der Waals surface area contributed by atoms with Gasteiger partial charge >= 0.3 is 0 Å². The molecule has 0 unspecified atom stereocenters. The maximum absolute atomic E-state index is 11.1. The number of phenols is 1. The van der Waals surface area contributed by atoms with Crippen molar-refractivity contribution >= 4 is 34.8 Å². The Morgan fingerprint density at radius 3 is 2.64 bits per heavy atom. The van der Waals surface area contributed by atoms with Crippen molar-refractivity contribution in [2.75, 3.05) is 5.32 Å². The predicted molar refractivity (Wildman–Crippen MR) is 57.0 cm³/mol. The van der Waals surface area contributed by atoms with Gasteiger partial charge in [0.25, 0.3) is 5.91 Å². The van der Waals surface area contributed by atoms with Crippen molar-refractivity contribution in [3.8, 4) is 5.75 Å². The van der Waals surface area contributed by atoms with E-state index >= 15 is 0 Å². The van der Waals surface area contributed by atoms with E-state index < -0.39 is 10.7 Å². The van der Waals surface area contributed by atoms with E-state index in [1.54, 1.807) is 13.0 Å². The third-order valence-corrected chi connectivity index (χ3v) is 2.06. The average Bonchev–Trinajstić information content (AvgIpc) is 2.09. The van der Waals surface area contributed by atoms with Gasteiger partial charge < -0.3 is 10.4 Å². The highest BCUT2D eigenvalue weighted by atomic mass is 35.5. The molecule has 1 rings (SSSR count). The van der Waals surface area contributed by atoms with Crippen molar-refractivity contribution < 1.29 is 9.90 Å². The molecule has 0 saturated carbocycles. The van der Waals surface area contributed by atoms with E-state index in [0.29, 0.717) is 5.69 Å². The Morgan fingerprint density at radius 1 is 1.50 bits per heavy atom. The second-order valence-electron chi connectivity index (χ2n) is 2.79. The maximum atomic E-state index is 11.1. The molecule has 0 radical (unpaired) electrons. The molecule has 3 nitrogen and oxygen atoms in total. The van der Waals surface area contributed by atoms with Gasteiger partial charge in [-0.05, 0) is 30.7 Å². The quantitative estimate of drug-likeness (QED) is 0.609. The number of carbonyl (C=O) groups excluding carboxylic acids is 1. The fourth-order valence-corrected chi connectivity index (χ4v) is 1.08. The molecule has 0 spiro atoms. The summed E-state index contributed by atoms with van der Waals surface area (Å²) in [6.07, 6.45) is 0. The van der Waals surface area contributed by atoms with Crippen LogP contribution in [0.4, 0.5) is 5.69 Å². The largest absolute Gasteiger partial charge is 0.508 e. The molecule has 0 aromatic heterocycles. The number of anilines is 1. The van der Waals surface area contributed by atoms with Crippen molar-refractivity contribution in [2.45, 2.75) is 11.8 Å². The number of amides is 1. The number of phenolic OH excluding ortho intramolecular Hbond substituents is 1. The molecule has 0 aliphatic rings. The lowest BCUT2D eigenvalue weighted by atomic mass is 10.2. The predicted octanol–water partition coefficient (Wildman–Crippen LogP) is 2.44. The minimum Gasteiger partial charge on any atom is -0.508 e. The Morgan fingerprint density at radius 2 is 2.14 bits per heavy atom. The number of aryl methyl sites for hydroxylation is 1. The van der Waals surface area contributed by atoms with Crippen LogP contribution in [0.1, 0.15) is 5.56 Å². The summed E-state index contributed by atoms with van der Waals surface area (Å²) in [7, 11) is 0. The molecule has 14 heavy (non-hydrogen) atoms. The Hall–Kier alpha value is -0.930. The number of benzene rings is 1. The molecule has 1 aromatic rings. The van der Waals surface area contributed by atoms with Crippen molar-refractivity contribution in [1.82, 2.24) is 0 Å². The lowest BCUT2D eigenvalue weighted by molar-refractivity contribution is -0.114. The van der Waals surface area contributed by atoms with Crippen molar-refractivity contribution in [3.05, 3.63) is 23.8 Å². The van der Waals surface area contributed by atoms with E-state index in [1.807, 2.05) is 0 Å². The molecule has 76 valence electrons. The third kappa shape index (κ3) is 2.79. The van der Waals surface area contributed by atoms with Gasteiger partial charge in [0, 0.05) is 5.69 Å². The van der Waals surface area contributed by atoms with Crippen LogP contribution in [0.5, 0.6) is 5.75 Å². The smallest absolute Gasteiger partial charge is 0.257 e. The molecule has 0 fully saturated rings. The van der Waals surface area contributed by atoms with Gasteiger partial charge in [-0.15, -0.1) is 0 Å². The second-order valence-corrected chi connectivity index (χ2v) is 3.89. The van der Waals surface area contributed by atoms with Crippen LogP contribution in [0.3, 0.4) is 0 Å². The van der Waals surface area contributed by atoms with Crippen molar-refractivity contribution in [2.24, 2.45) is 0 Å². The minimum absolute atomic E-state index is 0.147. The van der Waals surface area contributed by atoms with Crippen LogP contribution in [-0.4, -0.2) is 15.8 Å². The van der Waals surface area contributed by atoms with Crippen LogP contribution < -0.4 is 5.32 Å². The highest BCUT2D eigenvalue weighted by Crippen LogP contribution is 2.20. The first-order valence-corrected chi connectivity index (χ1v) is 4.76. The first-order chi connectivity index (χ1) is 6.50. The second kappa shape index (κ2) is 4.53. The van der Waals surface area contributed by atoms with Crippen molar-refractivity contribution in [3.63, 3.8) is 0 Å². The molecule has 0 bridgehead atoms. The zero-order valence-electron chi connectivity index (χ0n) is 7.42. The van der Waals surface area contributed by atoms with Crippen LogP contribution in [0.25, 0.3) is 0 Å². The molecule has 0 saturated heterocycles. The summed E-state index contributed by atoms with van der Waals surface area (Å²) in [5, 5.41) is 11.6. The monoisotopic (exact) mass is 233 g/mol. The fourth-order valence-electron chi connectivity index (χ4n) is 0.975. The van der Waals surface area contributed by atoms with Crippen molar-refractivity contribution in [1.29, 1.82) is 0 Å². The number of aromatic hydroxyl groups is 1. The molecular formula is C9H9Cl2NO2. The summed E-state index contributed by atoms with van der Waals surface area (Å²) in [5.41, 5.74) is 1.33. The zero-order valence-corrected chi connectivity index (χ0v) is 8.93. The highest BCUT2D eigenvalue weighted by Gasteiger charge is 2.12.